The number of alkyl carbamates (subject to hydrolysis) is 1. The molecule has 0 bridgehead atoms. The van der Waals surface area contributed by atoms with Crippen LogP contribution in [-0.2, 0) is 19.1 Å². The van der Waals surface area contributed by atoms with Crippen molar-refractivity contribution in [1.82, 2.24) is 35.1 Å². The van der Waals surface area contributed by atoms with Crippen molar-refractivity contribution in [2.75, 3.05) is 36.5 Å². The van der Waals surface area contributed by atoms with E-state index in [0.717, 1.165) is 115 Å². The number of imidazole rings is 2. The molecule has 4 aliphatic heterocycles. The van der Waals surface area contributed by atoms with Crippen LogP contribution in [0, 0.1) is 18.3 Å². The first-order chi connectivity index (χ1) is 30.5. The third-order valence-electron chi connectivity index (χ3n) is 13.6. The lowest BCUT2D eigenvalue weighted by Gasteiger charge is -2.34. The fourth-order valence-corrected chi connectivity index (χ4v) is 10.4. The van der Waals surface area contributed by atoms with Crippen LogP contribution in [0.5, 0.6) is 0 Å². The molecule has 2 aromatic heterocycles. The third-order valence-corrected chi connectivity index (χ3v) is 13.6. The van der Waals surface area contributed by atoms with Gasteiger partial charge in [-0.15, -0.1) is 0 Å². The molecule has 4 amide bonds. The molecule has 331 valence electrons. The van der Waals surface area contributed by atoms with Gasteiger partial charge in [0.05, 0.1) is 59.8 Å². The highest BCUT2D eigenvalue weighted by Gasteiger charge is 2.39. The largest absolute Gasteiger partial charge is 0.453 e. The summed E-state index contributed by atoms with van der Waals surface area (Å²) in [5, 5.41) is 2.74. The summed E-state index contributed by atoms with van der Waals surface area (Å²) in [6.45, 7) is 9.96. The van der Waals surface area contributed by atoms with Crippen molar-refractivity contribution in [3.63, 3.8) is 0 Å². The first kappa shape index (κ1) is 42.4. The molecule has 14 nitrogen and oxygen atoms in total. The topological polar surface area (TPSA) is 160 Å². The summed E-state index contributed by atoms with van der Waals surface area (Å²) in [6.07, 6.45) is 8.96. The number of piperidine rings is 1. The van der Waals surface area contributed by atoms with E-state index < -0.39 is 12.1 Å². The smallest absolute Gasteiger partial charge is 0.407 e. The SMILES string of the molecule is COC(=O)N[C@H](C(=O)N1CCC[C@H]1c1nc2cc([C@H]3CC[C@H](c4ccc5[nH]c([C@@H]6CCCN6C(=O)[CH]C(C)C)nc5c4)N3c3ccc(N4CCCCC4=O)cc3)ccc2[nH]1)C(C)C. The molecule has 4 fully saturated rings. The zero-order valence-electron chi connectivity index (χ0n) is 37.1. The van der Waals surface area contributed by atoms with E-state index in [1.165, 1.54) is 12.7 Å². The molecule has 4 aliphatic rings. The van der Waals surface area contributed by atoms with E-state index >= 15 is 0 Å². The summed E-state index contributed by atoms with van der Waals surface area (Å²) in [5.74, 6) is 1.75. The molecule has 0 unspecified atom stereocenters. The van der Waals surface area contributed by atoms with Crippen molar-refractivity contribution < 1.29 is 23.9 Å². The standard InChI is InChI=1S/C49H60N9O5/c1-29(2)26-44(60)56-24-8-10-41(56)46-50-35-19-13-31(27-37(35)52-46)39-21-22-40(58(39)34-17-15-33(16-18-34)55-23-7-6-12-43(55)59)32-14-20-36-38(28-32)53-47(51-36)42-11-9-25-57(42)48(61)45(30(3)4)54-49(62)63-5/h13-20,26-30,39-42,45H,6-12,21-25H2,1-5H3,(H,50,52)(H,51,53)(H,54,62)/t39-,40-,41+,42+,45+/m1/s1. The van der Waals surface area contributed by atoms with Crippen LogP contribution in [0.3, 0.4) is 0 Å². The van der Waals surface area contributed by atoms with E-state index in [4.69, 9.17) is 14.7 Å². The minimum atomic E-state index is -0.706. The van der Waals surface area contributed by atoms with Crippen LogP contribution >= 0.6 is 0 Å². The number of carbonyl (C=O) groups excluding carboxylic acids is 4. The highest BCUT2D eigenvalue weighted by Crippen LogP contribution is 2.48. The number of rotatable bonds is 11. The lowest BCUT2D eigenvalue weighted by atomic mass is 10.0. The molecule has 63 heavy (non-hydrogen) atoms. The molecule has 6 heterocycles. The van der Waals surface area contributed by atoms with Gasteiger partial charge < -0.3 is 39.6 Å². The van der Waals surface area contributed by atoms with E-state index in [2.05, 4.69) is 80.8 Å². The van der Waals surface area contributed by atoms with Gasteiger partial charge >= 0.3 is 6.09 Å². The fourth-order valence-electron chi connectivity index (χ4n) is 10.4. The molecule has 3 N–H and O–H groups in total. The molecular weight excluding hydrogens is 795 g/mol. The van der Waals surface area contributed by atoms with Gasteiger partial charge in [-0.05, 0) is 123 Å². The molecule has 0 aliphatic carbocycles. The van der Waals surface area contributed by atoms with Crippen molar-refractivity contribution >= 4 is 57.3 Å². The summed E-state index contributed by atoms with van der Waals surface area (Å²) in [6, 6.07) is 20.6. The molecule has 5 aromatic rings. The summed E-state index contributed by atoms with van der Waals surface area (Å²) < 4.78 is 4.83. The third kappa shape index (κ3) is 8.36. The Balaban J connectivity index is 1.02. The number of ether oxygens (including phenoxy) is 1. The quantitative estimate of drug-likeness (QED) is 0.119. The molecule has 0 spiro atoms. The number of aromatic nitrogens is 4. The maximum Gasteiger partial charge on any atom is 0.407 e. The van der Waals surface area contributed by atoms with Crippen molar-refractivity contribution in [1.29, 1.82) is 0 Å². The number of fused-ring (bicyclic) bond motifs is 2. The minimum Gasteiger partial charge on any atom is -0.453 e. The average molecular weight is 855 g/mol. The Kier molecular flexibility index (Phi) is 11.9. The maximum absolute atomic E-state index is 13.9. The molecule has 3 aromatic carbocycles. The van der Waals surface area contributed by atoms with E-state index in [9.17, 15) is 19.2 Å². The lowest BCUT2D eigenvalue weighted by molar-refractivity contribution is -0.135. The first-order valence-electron chi connectivity index (χ1n) is 23.0. The summed E-state index contributed by atoms with van der Waals surface area (Å²) >= 11 is 0. The van der Waals surface area contributed by atoms with Gasteiger partial charge in [0.2, 0.25) is 17.7 Å². The van der Waals surface area contributed by atoms with Gasteiger partial charge in [0.15, 0.2) is 0 Å². The van der Waals surface area contributed by atoms with Gasteiger partial charge in [0.25, 0.3) is 0 Å². The van der Waals surface area contributed by atoms with E-state index in [-0.39, 0.29) is 53.7 Å². The van der Waals surface area contributed by atoms with Gasteiger partial charge in [-0.1, -0.05) is 39.8 Å². The Morgan fingerprint density at radius 3 is 1.84 bits per heavy atom. The highest BCUT2D eigenvalue weighted by molar-refractivity contribution is 5.94. The van der Waals surface area contributed by atoms with Gasteiger partial charge in [0.1, 0.15) is 17.7 Å². The van der Waals surface area contributed by atoms with Crippen LogP contribution in [0.2, 0.25) is 0 Å². The number of aromatic amines is 2. The number of hydrogen-bond acceptors (Lipinski definition) is 8. The number of hydrogen-bond donors (Lipinski definition) is 3. The molecule has 0 saturated carbocycles. The number of nitrogens with zero attached hydrogens (tertiary/aromatic N) is 6. The number of likely N-dealkylation sites (tertiary alicyclic amines) is 2. The van der Waals surface area contributed by atoms with E-state index in [1.807, 2.05) is 42.4 Å². The second kappa shape index (κ2) is 17.7. The fraction of sp³-hybridized carbons (Fsp3) is 0.490. The van der Waals surface area contributed by atoms with Crippen molar-refractivity contribution in [2.24, 2.45) is 11.8 Å². The summed E-state index contributed by atoms with van der Waals surface area (Å²) in [5.41, 5.74) is 7.91. The Bertz CT molecular complexity index is 2490. The van der Waals surface area contributed by atoms with E-state index in [0.29, 0.717) is 13.0 Å². The van der Waals surface area contributed by atoms with Crippen LogP contribution in [-0.4, -0.2) is 86.3 Å². The van der Waals surface area contributed by atoms with Crippen LogP contribution in [0.25, 0.3) is 22.1 Å². The Hall–Kier alpha value is -5.92. The van der Waals surface area contributed by atoms with Crippen LogP contribution < -0.4 is 15.1 Å². The molecular formula is C49H60N9O5. The zero-order chi connectivity index (χ0) is 43.9. The molecule has 9 rings (SSSR count). The van der Waals surface area contributed by atoms with Crippen molar-refractivity contribution in [2.45, 2.75) is 116 Å². The first-order valence-corrected chi connectivity index (χ1v) is 23.0. The zero-order valence-corrected chi connectivity index (χ0v) is 37.1. The van der Waals surface area contributed by atoms with Gasteiger partial charge in [-0.25, -0.2) is 14.8 Å². The van der Waals surface area contributed by atoms with Crippen LogP contribution in [0.4, 0.5) is 16.2 Å². The number of carbonyl (C=O) groups is 4. The average Bonchev–Trinajstić information content (AvgIpc) is 4.13. The van der Waals surface area contributed by atoms with Gasteiger partial charge in [-0.2, -0.15) is 0 Å². The second-order valence-corrected chi connectivity index (χ2v) is 18.5. The number of nitrogens with one attached hydrogen (secondary N) is 3. The Morgan fingerprint density at radius 2 is 1.29 bits per heavy atom. The number of anilines is 2. The number of H-pyrrole nitrogens is 2. The predicted octanol–water partition coefficient (Wildman–Crippen LogP) is 8.61. The van der Waals surface area contributed by atoms with Crippen molar-refractivity contribution in [3.8, 4) is 0 Å². The Morgan fingerprint density at radius 1 is 0.714 bits per heavy atom. The number of benzene rings is 3. The molecule has 14 heteroatoms. The lowest BCUT2D eigenvalue weighted by Crippen LogP contribution is -2.51. The van der Waals surface area contributed by atoms with Gasteiger partial charge in [0, 0.05) is 37.4 Å². The Labute approximate surface area is 369 Å². The van der Waals surface area contributed by atoms with E-state index in [1.54, 1.807) is 6.42 Å². The van der Waals surface area contributed by atoms with Crippen LogP contribution in [0.15, 0.2) is 60.7 Å². The number of amides is 4. The van der Waals surface area contributed by atoms with Gasteiger partial charge in [-0.3, -0.25) is 14.4 Å². The summed E-state index contributed by atoms with van der Waals surface area (Å²) in [7, 11) is 1.30. The van der Waals surface area contributed by atoms with Crippen LogP contribution in [0.1, 0.15) is 132 Å². The molecule has 1 radical (unpaired) electrons. The monoisotopic (exact) mass is 854 g/mol. The highest BCUT2D eigenvalue weighted by atomic mass is 16.5. The van der Waals surface area contributed by atoms with Crippen molar-refractivity contribution in [3.05, 3.63) is 89.9 Å². The predicted molar refractivity (Wildman–Crippen MR) is 243 cm³/mol. The number of methoxy groups -OCH3 is 1. The molecule has 4 saturated heterocycles. The summed E-state index contributed by atoms with van der Waals surface area (Å²) in [4.78, 5) is 77.7. The molecule has 5 atom stereocenters. The normalized spacial score (nSPS) is 22.3. The minimum absolute atomic E-state index is 0.0310. The maximum atomic E-state index is 13.9. The second-order valence-electron chi connectivity index (χ2n) is 18.5.